The first-order valence-electron chi connectivity index (χ1n) is 18.8. The van der Waals surface area contributed by atoms with Crippen LogP contribution in [0.4, 0.5) is 0 Å². The lowest BCUT2D eigenvalue weighted by atomic mass is 9.89. The summed E-state index contributed by atoms with van der Waals surface area (Å²) < 4.78 is 10.6. The van der Waals surface area contributed by atoms with E-state index in [-0.39, 0.29) is 6.61 Å². The maximum atomic E-state index is 9.41. The second-order valence-electron chi connectivity index (χ2n) is 12.5. The molecule has 0 saturated carbocycles. The molecule has 2 aromatic carbocycles. The fourth-order valence-corrected chi connectivity index (χ4v) is 4.72. The van der Waals surface area contributed by atoms with E-state index in [4.69, 9.17) is 19.4 Å². The first-order chi connectivity index (χ1) is 25.3. The molecule has 5 nitrogen and oxygen atoms in total. The summed E-state index contributed by atoms with van der Waals surface area (Å²) in [4.78, 5) is 17.4. The third-order valence-electron chi connectivity index (χ3n) is 7.47. The lowest BCUT2D eigenvalue weighted by molar-refractivity contribution is -0.104. The zero-order valence-corrected chi connectivity index (χ0v) is 35.8. The lowest BCUT2D eigenvalue weighted by Gasteiger charge is -2.18. The highest BCUT2D eigenvalue weighted by molar-refractivity contribution is 5.72. The Morgan fingerprint density at radius 2 is 1.45 bits per heavy atom. The Morgan fingerprint density at radius 1 is 0.906 bits per heavy atom. The fraction of sp³-hybridized carbons (Fsp3) is 0.458. The van der Waals surface area contributed by atoms with E-state index >= 15 is 0 Å². The van der Waals surface area contributed by atoms with Gasteiger partial charge in [0, 0.05) is 33.4 Å². The van der Waals surface area contributed by atoms with Crippen LogP contribution in [-0.2, 0) is 38.5 Å². The van der Waals surface area contributed by atoms with Gasteiger partial charge in [-0.05, 0) is 97.8 Å². The van der Waals surface area contributed by atoms with Crippen LogP contribution in [0.25, 0.3) is 11.1 Å². The van der Waals surface area contributed by atoms with Gasteiger partial charge in [0.25, 0.3) is 0 Å². The highest BCUT2D eigenvalue weighted by Gasteiger charge is 2.12. The van der Waals surface area contributed by atoms with Crippen molar-refractivity contribution in [2.75, 3.05) is 27.4 Å². The molecule has 2 rings (SSSR count). The van der Waals surface area contributed by atoms with Crippen molar-refractivity contribution in [3.63, 3.8) is 0 Å². The Kier molecular flexibility index (Phi) is 39.9. The summed E-state index contributed by atoms with van der Waals surface area (Å²) in [6.07, 6.45) is 13.7. The normalized spacial score (nSPS) is 10.6. The highest BCUT2D eigenvalue weighted by atomic mass is 16.5. The Labute approximate surface area is 326 Å². The van der Waals surface area contributed by atoms with Gasteiger partial charge in [-0.3, -0.25) is 4.79 Å². The van der Waals surface area contributed by atoms with Crippen LogP contribution in [0.3, 0.4) is 0 Å². The van der Waals surface area contributed by atoms with Crippen molar-refractivity contribution < 1.29 is 24.2 Å². The molecule has 5 heteroatoms. The van der Waals surface area contributed by atoms with Gasteiger partial charge in [-0.1, -0.05) is 146 Å². The average molecular weight is 733 g/mol. The Hall–Kier alpha value is -3.90. The van der Waals surface area contributed by atoms with E-state index in [2.05, 4.69) is 122 Å². The van der Waals surface area contributed by atoms with Crippen molar-refractivity contribution in [3.8, 4) is 11.1 Å². The molecule has 53 heavy (non-hydrogen) atoms. The number of aliphatic hydroxyl groups is 1. The van der Waals surface area contributed by atoms with E-state index in [1.165, 1.54) is 39.0 Å². The molecule has 0 unspecified atom stereocenters. The third kappa shape index (κ3) is 28.3. The first kappa shape index (κ1) is 55.8. The number of hydrogen-bond donors (Lipinski definition) is 1. The molecular formula is C48H76O5. The molecular weight excluding hydrogens is 657 g/mol. The van der Waals surface area contributed by atoms with E-state index in [0.29, 0.717) is 24.0 Å². The summed E-state index contributed by atoms with van der Waals surface area (Å²) in [6, 6.07) is 13.2. The van der Waals surface area contributed by atoms with Gasteiger partial charge < -0.3 is 19.4 Å². The van der Waals surface area contributed by atoms with E-state index in [0.717, 1.165) is 56.1 Å². The van der Waals surface area contributed by atoms with Crippen molar-refractivity contribution in [1.29, 1.82) is 0 Å². The predicted molar refractivity (Wildman–Crippen MR) is 234 cm³/mol. The van der Waals surface area contributed by atoms with Crippen LogP contribution < -0.4 is 0 Å². The standard InChI is InChI=1S/C20H26O2.C18H30O.C4H6O.C3H6.C2H6.CH2O/c1-4-17-13-16(6-5-11-21)8-10-19(17)20-9-7-15(2)12-18(20)14-22-3;1-8-15(4)9-10-16(5)17(6)18(11-12-19-7)13-14(2)3;1-4(2)3-5;1-3-2;2*1-2/h7-10,12-13,21H,4-6,11,14H2,1-3H3;9-10,13-14,17H,4-5,8,11-12H2,1-3,6-7H3;3H,1H2,2H3;3H,1H2,2H3;1-2H3;1H2/b;10-9-,18-13-;;;;/t;17-;;;;/m.0..../s1. The minimum Gasteiger partial charge on any atom is -0.396 e. The maximum Gasteiger partial charge on any atom is 0.145 e. The summed E-state index contributed by atoms with van der Waals surface area (Å²) in [5, 5.41) is 8.99. The maximum absolute atomic E-state index is 9.41. The minimum atomic E-state index is 0.249. The zero-order chi connectivity index (χ0) is 41.8. The predicted octanol–water partition coefficient (Wildman–Crippen LogP) is 12.4. The van der Waals surface area contributed by atoms with Gasteiger partial charge in [0.05, 0.1) is 6.61 Å². The van der Waals surface area contributed by atoms with Gasteiger partial charge in [-0.25, -0.2) is 0 Å². The van der Waals surface area contributed by atoms with Crippen LogP contribution in [0.1, 0.15) is 104 Å². The van der Waals surface area contributed by atoms with Crippen molar-refractivity contribution in [1.82, 2.24) is 0 Å². The average Bonchev–Trinajstić information content (AvgIpc) is 3.16. The molecule has 0 saturated heterocycles. The Balaban J connectivity index is -0.000000351. The molecule has 0 heterocycles. The second-order valence-corrected chi connectivity index (χ2v) is 12.5. The molecule has 0 amide bonds. The molecule has 298 valence electrons. The summed E-state index contributed by atoms with van der Waals surface area (Å²) in [7, 11) is 3.49. The van der Waals surface area contributed by atoms with Crippen molar-refractivity contribution in [2.45, 2.75) is 108 Å². The number of ether oxygens (including phenoxy) is 2. The van der Waals surface area contributed by atoms with Gasteiger partial charge in [-0.15, -0.1) is 6.58 Å². The Bertz CT molecular complexity index is 1350. The molecule has 0 radical (unpaired) electrons. The van der Waals surface area contributed by atoms with Crippen molar-refractivity contribution >= 4 is 13.1 Å². The van der Waals surface area contributed by atoms with E-state index in [9.17, 15) is 4.79 Å². The van der Waals surface area contributed by atoms with Gasteiger partial charge in [0.2, 0.25) is 0 Å². The molecule has 0 bridgehead atoms. The van der Waals surface area contributed by atoms with Crippen molar-refractivity contribution in [2.24, 2.45) is 11.8 Å². The third-order valence-corrected chi connectivity index (χ3v) is 7.47. The number of hydrogen-bond acceptors (Lipinski definition) is 5. The van der Waals surface area contributed by atoms with Crippen molar-refractivity contribution in [3.05, 3.63) is 132 Å². The smallest absolute Gasteiger partial charge is 0.145 e. The minimum absolute atomic E-state index is 0.249. The summed E-state index contributed by atoms with van der Waals surface area (Å²) >= 11 is 0. The number of carbonyl (C=O) groups excluding carboxylic acids is 2. The number of aliphatic hydroxyl groups excluding tert-OH is 1. The molecule has 0 spiro atoms. The van der Waals surface area contributed by atoms with E-state index in [1.54, 1.807) is 27.2 Å². The van der Waals surface area contributed by atoms with Gasteiger partial charge in [-0.2, -0.15) is 0 Å². The van der Waals surface area contributed by atoms with Gasteiger partial charge in [0.15, 0.2) is 0 Å². The van der Waals surface area contributed by atoms with E-state index in [1.807, 2.05) is 27.6 Å². The van der Waals surface area contributed by atoms with Crippen LogP contribution in [-0.4, -0.2) is 45.6 Å². The second kappa shape index (κ2) is 37.8. The number of aldehydes is 1. The first-order valence-corrected chi connectivity index (χ1v) is 18.8. The summed E-state index contributed by atoms with van der Waals surface area (Å²) in [5.41, 5.74) is 12.0. The fourth-order valence-electron chi connectivity index (χ4n) is 4.72. The van der Waals surface area contributed by atoms with Crippen LogP contribution >= 0.6 is 0 Å². The van der Waals surface area contributed by atoms with Crippen LogP contribution in [0.2, 0.25) is 0 Å². The summed E-state index contributed by atoms with van der Waals surface area (Å²) in [6.45, 7) is 39.1. The number of benzene rings is 2. The highest BCUT2D eigenvalue weighted by Crippen LogP contribution is 2.30. The van der Waals surface area contributed by atoms with Crippen LogP contribution in [0.5, 0.6) is 0 Å². The number of allylic oxidation sites excluding steroid dienone is 7. The number of carbonyl (C=O) groups is 2. The number of aryl methyl sites for hydroxylation is 3. The van der Waals surface area contributed by atoms with Gasteiger partial charge >= 0.3 is 0 Å². The molecule has 0 aromatic heterocycles. The van der Waals surface area contributed by atoms with E-state index < -0.39 is 0 Å². The largest absolute Gasteiger partial charge is 0.396 e. The number of methoxy groups -OCH3 is 2. The SMILES string of the molecule is C=C(/C=C\C(=C)[C@H](C)/C(=C\C(C)C)CCOC)CC.C=C(C)C=O.C=CC.C=O.CC.CCc1cc(CCCO)ccc1-c1ccc(C)cc1COC. The van der Waals surface area contributed by atoms with Crippen LogP contribution in [0.15, 0.2) is 109 Å². The lowest BCUT2D eigenvalue weighted by Crippen LogP contribution is -2.06. The molecule has 0 aliphatic heterocycles. The molecule has 1 atom stereocenters. The molecule has 1 N–H and O–H groups in total. The molecule has 2 aromatic rings. The quantitative estimate of drug-likeness (QED) is 0.0759. The zero-order valence-electron chi connectivity index (χ0n) is 35.8. The van der Waals surface area contributed by atoms with Crippen LogP contribution in [0, 0.1) is 18.8 Å². The van der Waals surface area contributed by atoms with Gasteiger partial charge in [0.1, 0.15) is 13.1 Å². The Morgan fingerprint density at radius 3 is 1.91 bits per heavy atom. The molecule has 0 aliphatic carbocycles. The monoisotopic (exact) mass is 733 g/mol. The molecule has 0 fully saturated rings. The topological polar surface area (TPSA) is 72.8 Å². The molecule has 0 aliphatic rings. The summed E-state index contributed by atoms with van der Waals surface area (Å²) in [5.74, 6) is 0.912. The number of rotatable bonds is 17.